The van der Waals surface area contributed by atoms with Crippen molar-refractivity contribution >= 4 is 27.4 Å². The summed E-state index contributed by atoms with van der Waals surface area (Å²) in [5.41, 5.74) is 2.09. The largest absolute Gasteiger partial charge is 0.378 e. The van der Waals surface area contributed by atoms with Crippen LogP contribution in [0, 0.1) is 17.5 Å². The monoisotopic (exact) mass is 514 g/mol. The average Bonchev–Trinajstić information content (AvgIpc) is 2.79. The fourth-order valence-corrected chi connectivity index (χ4v) is 5.39. The van der Waals surface area contributed by atoms with Crippen LogP contribution in [0.15, 0.2) is 65.1 Å². The molecule has 2 aliphatic heterocycles. The van der Waals surface area contributed by atoms with Gasteiger partial charge < -0.3 is 5.32 Å². The molecule has 0 aromatic heterocycles. The molecule has 1 saturated heterocycles. The van der Waals surface area contributed by atoms with Gasteiger partial charge in [0, 0.05) is 35.4 Å². The Balaban J connectivity index is 1.44. The Labute approximate surface area is 198 Å². The van der Waals surface area contributed by atoms with Crippen molar-refractivity contribution in [2.75, 3.05) is 18.4 Å². The molecule has 0 bridgehead atoms. The predicted molar refractivity (Wildman–Crippen MR) is 125 cm³/mol. The first kappa shape index (κ1) is 22.2. The van der Waals surface area contributed by atoms with Crippen LogP contribution >= 0.6 is 15.9 Å². The highest BCUT2D eigenvalue weighted by Crippen LogP contribution is 2.46. The van der Waals surface area contributed by atoms with E-state index >= 15 is 0 Å². The van der Waals surface area contributed by atoms with Crippen molar-refractivity contribution in [3.8, 4) is 0 Å². The second-order valence-corrected chi connectivity index (χ2v) is 9.76. The zero-order chi connectivity index (χ0) is 23.2. The van der Waals surface area contributed by atoms with E-state index in [1.165, 1.54) is 18.2 Å². The predicted octanol–water partition coefficient (Wildman–Crippen LogP) is 6.29. The second kappa shape index (κ2) is 8.61. The number of anilines is 1. The van der Waals surface area contributed by atoms with Crippen molar-refractivity contribution < 1.29 is 18.0 Å². The van der Waals surface area contributed by atoms with Gasteiger partial charge in [-0.1, -0.05) is 34.1 Å². The van der Waals surface area contributed by atoms with E-state index in [2.05, 4.69) is 26.1 Å². The number of hydrogen-bond acceptors (Lipinski definition) is 3. The molecule has 0 amide bonds. The van der Waals surface area contributed by atoms with Crippen molar-refractivity contribution in [3.63, 3.8) is 0 Å². The minimum Gasteiger partial charge on any atom is -0.378 e. The number of fused-ring (bicyclic) bond motifs is 1. The van der Waals surface area contributed by atoms with Gasteiger partial charge in [0.1, 0.15) is 5.82 Å². The number of Topliss-reactive ketones (excluding diaryl/α,β-unsaturated/α-hetero) is 1. The molecule has 3 nitrogen and oxygen atoms in total. The molecular formula is C26H22BrF3N2O. The molecule has 0 saturated carbocycles. The molecule has 2 heterocycles. The molecule has 3 aromatic rings. The topological polar surface area (TPSA) is 32.3 Å². The number of hydrogen-bond donors (Lipinski definition) is 1. The summed E-state index contributed by atoms with van der Waals surface area (Å²) in [5, 5.41) is 3.54. The quantitative estimate of drug-likeness (QED) is 0.445. The van der Waals surface area contributed by atoms with E-state index < -0.39 is 23.1 Å². The number of benzene rings is 3. The lowest BCUT2D eigenvalue weighted by atomic mass is 9.67. The molecule has 0 aliphatic carbocycles. The van der Waals surface area contributed by atoms with E-state index in [9.17, 15) is 18.0 Å². The fourth-order valence-electron chi connectivity index (χ4n) is 5.13. The van der Waals surface area contributed by atoms with Gasteiger partial charge in [0.05, 0.1) is 11.5 Å². The third-order valence-corrected chi connectivity index (χ3v) is 7.32. The zero-order valence-electron chi connectivity index (χ0n) is 17.8. The number of piperidine rings is 1. The molecule has 33 heavy (non-hydrogen) atoms. The SMILES string of the molecule is O=C1c2ccc(F)cc2NC2(CCN(Cc3ccc(F)c(F)c3)CC2)C1c1ccc(Br)cc1. The van der Waals surface area contributed by atoms with Gasteiger partial charge in [-0.15, -0.1) is 0 Å². The third-order valence-electron chi connectivity index (χ3n) is 6.79. The van der Waals surface area contributed by atoms with Crippen LogP contribution < -0.4 is 5.32 Å². The van der Waals surface area contributed by atoms with Crippen LogP contribution in [0.2, 0.25) is 0 Å². The molecule has 1 unspecified atom stereocenters. The number of halogens is 4. The molecule has 3 aromatic carbocycles. The lowest BCUT2D eigenvalue weighted by Crippen LogP contribution is -2.56. The van der Waals surface area contributed by atoms with Crippen LogP contribution in [0.4, 0.5) is 18.9 Å². The highest BCUT2D eigenvalue weighted by atomic mass is 79.9. The van der Waals surface area contributed by atoms with E-state index in [1.54, 1.807) is 12.1 Å². The number of nitrogens with one attached hydrogen (secondary N) is 1. The van der Waals surface area contributed by atoms with Crippen molar-refractivity contribution in [2.45, 2.75) is 30.8 Å². The van der Waals surface area contributed by atoms with E-state index in [4.69, 9.17) is 0 Å². The number of carbonyl (C=O) groups is 1. The number of carbonyl (C=O) groups excluding carboxylic acids is 1. The van der Waals surface area contributed by atoms with Gasteiger partial charge in [-0.3, -0.25) is 9.69 Å². The molecule has 1 atom stereocenters. The normalized spacial score (nSPS) is 19.9. The number of ketones is 1. The van der Waals surface area contributed by atoms with Crippen molar-refractivity contribution in [3.05, 3.63) is 99.3 Å². The van der Waals surface area contributed by atoms with Gasteiger partial charge in [0.15, 0.2) is 17.4 Å². The van der Waals surface area contributed by atoms with Crippen LogP contribution in [0.25, 0.3) is 0 Å². The number of likely N-dealkylation sites (tertiary alicyclic amines) is 1. The summed E-state index contributed by atoms with van der Waals surface area (Å²) in [4.78, 5) is 15.8. The van der Waals surface area contributed by atoms with Crippen LogP contribution in [0.1, 0.15) is 40.2 Å². The van der Waals surface area contributed by atoms with Crippen LogP contribution in [0.5, 0.6) is 0 Å². The first-order valence-electron chi connectivity index (χ1n) is 10.9. The molecule has 1 N–H and O–H groups in total. The standard InChI is InChI=1S/C26H22BrF3N2O/c27-18-4-2-17(3-5-18)24-25(33)20-7-6-19(28)14-23(20)31-26(24)9-11-32(12-10-26)15-16-1-8-21(29)22(30)13-16/h1-8,13-14,24,31H,9-12,15H2. The van der Waals surface area contributed by atoms with Crippen molar-refractivity contribution in [1.29, 1.82) is 0 Å². The van der Waals surface area contributed by atoms with Gasteiger partial charge in [0.25, 0.3) is 0 Å². The Bertz CT molecular complexity index is 1210. The lowest BCUT2D eigenvalue weighted by molar-refractivity contribution is 0.0842. The smallest absolute Gasteiger partial charge is 0.174 e. The zero-order valence-corrected chi connectivity index (χ0v) is 19.3. The minimum absolute atomic E-state index is 0.0138. The van der Waals surface area contributed by atoms with E-state index in [-0.39, 0.29) is 11.6 Å². The van der Waals surface area contributed by atoms with Gasteiger partial charge in [-0.25, -0.2) is 13.2 Å². The summed E-state index contributed by atoms with van der Waals surface area (Å²) in [6, 6.07) is 16.0. The Morgan fingerprint density at radius 3 is 2.36 bits per heavy atom. The van der Waals surface area contributed by atoms with E-state index in [1.807, 2.05) is 24.3 Å². The van der Waals surface area contributed by atoms with Crippen LogP contribution in [0.3, 0.4) is 0 Å². The molecule has 1 fully saturated rings. The van der Waals surface area contributed by atoms with Crippen LogP contribution in [-0.2, 0) is 6.54 Å². The molecule has 0 radical (unpaired) electrons. The number of nitrogens with zero attached hydrogens (tertiary/aromatic N) is 1. The van der Waals surface area contributed by atoms with Crippen LogP contribution in [-0.4, -0.2) is 29.3 Å². The van der Waals surface area contributed by atoms with Gasteiger partial charge in [0.2, 0.25) is 0 Å². The molecule has 7 heteroatoms. The summed E-state index contributed by atoms with van der Waals surface area (Å²) in [5.74, 6) is -2.52. The first-order chi connectivity index (χ1) is 15.8. The van der Waals surface area contributed by atoms with Gasteiger partial charge in [-0.2, -0.15) is 0 Å². The van der Waals surface area contributed by atoms with Crippen molar-refractivity contribution in [2.24, 2.45) is 0 Å². The van der Waals surface area contributed by atoms with Gasteiger partial charge >= 0.3 is 0 Å². The highest BCUT2D eigenvalue weighted by molar-refractivity contribution is 9.10. The van der Waals surface area contributed by atoms with Gasteiger partial charge in [-0.05, 0) is 66.4 Å². The third kappa shape index (κ3) is 4.20. The summed E-state index contributed by atoms with van der Waals surface area (Å²) in [7, 11) is 0. The molecular weight excluding hydrogens is 493 g/mol. The Morgan fingerprint density at radius 1 is 0.939 bits per heavy atom. The van der Waals surface area contributed by atoms with E-state index in [0.29, 0.717) is 49.3 Å². The highest BCUT2D eigenvalue weighted by Gasteiger charge is 2.49. The maximum absolute atomic E-state index is 14.0. The maximum Gasteiger partial charge on any atom is 0.174 e. The average molecular weight is 515 g/mol. The Hall–Kier alpha value is -2.64. The fraction of sp³-hybridized carbons (Fsp3) is 0.269. The minimum atomic E-state index is -0.857. The second-order valence-electron chi connectivity index (χ2n) is 8.84. The number of rotatable bonds is 3. The molecule has 2 aliphatic rings. The lowest BCUT2D eigenvalue weighted by Gasteiger charge is -2.50. The molecule has 1 spiro atoms. The Morgan fingerprint density at radius 2 is 1.67 bits per heavy atom. The molecule has 5 rings (SSSR count). The summed E-state index contributed by atoms with van der Waals surface area (Å²) < 4.78 is 41.8. The van der Waals surface area contributed by atoms with E-state index in [0.717, 1.165) is 16.1 Å². The van der Waals surface area contributed by atoms with Crippen molar-refractivity contribution in [1.82, 2.24) is 4.90 Å². The first-order valence-corrected chi connectivity index (χ1v) is 11.7. The summed E-state index contributed by atoms with van der Waals surface area (Å²) >= 11 is 3.46. The summed E-state index contributed by atoms with van der Waals surface area (Å²) in [6.45, 7) is 1.82. The maximum atomic E-state index is 14.0. The Kier molecular flexibility index (Phi) is 5.79. The summed E-state index contributed by atoms with van der Waals surface area (Å²) in [6.07, 6.45) is 1.30. The molecule has 170 valence electrons.